The van der Waals surface area contributed by atoms with Crippen molar-refractivity contribution in [2.45, 2.75) is 40.2 Å². The lowest BCUT2D eigenvalue weighted by Crippen LogP contribution is -2.19. The Morgan fingerprint density at radius 2 is 2.00 bits per heavy atom. The van der Waals surface area contributed by atoms with E-state index in [2.05, 4.69) is 46.8 Å². The Kier molecular flexibility index (Phi) is 4.28. The van der Waals surface area contributed by atoms with Gasteiger partial charge in [-0.25, -0.2) is 5.43 Å². The molecule has 1 heterocycles. The van der Waals surface area contributed by atoms with Crippen LogP contribution >= 0.6 is 0 Å². The summed E-state index contributed by atoms with van der Waals surface area (Å²) in [6.45, 7) is 6.80. The average molecular weight is 310 g/mol. The van der Waals surface area contributed by atoms with Crippen molar-refractivity contribution in [3.8, 4) is 0 Å². The maximum atomic E-state index is 11.6. The molecule has 0 bridgehead atoms. The number of nitrogens with one attached hydrogen (secondary N) is 1. The van der Waals surface area contributed by atoms with Crippen LogP contribution in [0.1, 0.15) is 40.9 Å². The van der Waals surface area contributed by atoms with E-state index >= 15 is 0 Å². The monoisotopic (exact) mass is 310 g/mol. The molecule has 1 saturated carbocycles. The molecule has 1 amide bonds. The van der Waals surface area contributed by atoms with E-state index in [1.54, 1.807) is 6.21 Å². The van der Waals surface area contributed by atoms with Crippen LogP contribution in [-0.2, 0) is 11.3 Å². The molecule has 1 fully saturated rings. The van der Waals surface area contributed by atoms with E-state index in [-0.39, 0.29) is 11.8 Å². The van der Waals surface area contributed by atoms with Crippen molar-refractivity contribution in [3.05, 3.63) is 52.3 Å². The Bertz CT molecular complexity index is 739. The van der Waals surface area contributed by atoms with Crippen molar-refractivity contribution in [1.82, 2.24) is 15.2 Å². The predicted octanol–water partition coefficient (Wildman–Crippen LogP) is 2.72. The zero-order valence-corrected chi connectivity index (χ0v) is 13.8. The molecule has 1 aromatic carbocycles. The summed E-state index contributed by atoms with van der Waals surface area (Å²) in [6, 6.07) is 8.46. The van der Waals surface area contributed by atoms with Gasteiger partial charge in [-0.2, -0.15) is 10.2 Å². The van der Waals surface area contributed by atoms with Gasteiger partial charge in [0.1, 0.15) is 0 Å². The fraction of sp³-hybridized carbons (Fsp3) is 0.389. The summed E-state index contributed by atoms with van der Waals surface area (Å²) in [5.41, 5.74) is 8.00. The van der Waals surface area contributed by atoms with Gasteiger partial charge in [0.2, 0.25) is 5.91 Å². The summed E-state index contributed by atoms with van der Waals surface area (Å²) in [4.78, 5) is 11.6. The molecule has 3 rings (SSSR count). The second-order valence-corrected chi connectivity index (χ2v) is 6.24. The van der Waals surface area contributed by atoms with E-state index in [1.807, 2.05) is 18.5 Å². The molecule has 2 aromatic rings. The Hall–Kier alpha value is -2.43. The second kappa shape index (κ2) is 6.36. The van der Waals surface area contributed by atoms with Crippen molar-refractivity contribution < 1.29 is 4.79 Å². The maximum Gasteiger partial charge on any atom is 0.243 e. The van der Waals surface area contributed by atoms with Crippen molar-refractivity contribution in [1.29, 1.82) is 0 Å². The normalized spacial score (nSPS) is 14.4. The third-order valence-electron chi connectivity index (χ3n) is 4.21. The van der Waals surface area contributed by atoms with E-state index < -0.39 is 0 Å². The zero-order valence-electron chi connectivity index (χ0n) is 13.8. The maximum absolute atomic E-state index is 11.6. The van der Waals surface area contributed by atoms with Gasteiger partial charge in [-0.3, -0.25) is 9.48 Å². The van der Waals surface area contributed by atoms with Gasteiger partial charge in [0.25, 0.3) is 0 Å². The number of hydrazone groups is 1. The summed E-state index contributed by atoms with van der Waals surface area (Å²) in [6.07, 6.45) is 3.66. The van der Waals surface area contributed by atoms with Crippen molar-refractivity contribution in [2.75, 3.05) is 0 Å². The molecule has 0 unspecified atom stereocenters. The fourth-order valence-corrected chi connectivity index (χ4v) is 2.52. The highest BCUT2D eigenvalue weighted by molar-refractivity contribution is 5.85. The van der Waals surface area contributed by atoms with E-state index in [4.69, 9.17) is 0 Å². The highest BCUT2D eigenvalue weighted by Gasteiger charge is 2.29. The van der Waals surface area contributed by atoms with Crippen LogP contribution in [0, 0.1) is 26.7 Å². The Morgan fingerprint density at radius 1 is 1.30 bits per heavy atom. The topological polar surface area (TPSA) is 59.3 Å². The molecular formula is C18H22N4O. The molecule has 1 N–H and O–H groups in total. The van der Waals surface area contributed by atoms with Crippen LogP contribution in [0.3, 0.4) is 0 Å². The number of aromatic nitrogens is 2. The first-order chi connectivity index (χ1) is 11.0. The quantitative estimate of drug-likeness (QED) is 0.682. The SMILES string of the molecule is Cc1ccc(Cn2nc(C)c(/C=N\NC(=O)C3CC3)c2C)cc1. The first-order valence-corrected chi connectivity index (χ1v) is 7.97. The Labute approximate surface area is 136 Å². The van der Waals surface area contributed by atoms with Crippen molar-refractivity contribution >= 4 is 12.1 Å². The summed E-state index contributed by atoms with van der Waals surface area (Å²) in [7, 11) is 0. The zero-order chi connectivity index (χ0) is 16.4. The van der Waals surface area contributed by atoms with Crippen LogP contribution in [-0.4, -0.2) is 21.9 Å². The molecule has 5 nitrogen and oxygen atoms in total. The highest BCUT2D eigenvalue weighted by atomic mass is 16.2. The number of carbonyl (C=O) groups excluding carboxylic acids is 1. The van der Waals surface area contributed by atoms with Crippen LogP contribution in [0.2, 0.25) is 0 Å². The van der Waals surface area contributed by atoms with Gasteiger partial charge >= 0.3 is 0 Å². The summed E-state index contributed by atoms with van der Waals surface area (Å²) in [5.74, 6) is 0.183. The van der Waals surface area contributed by atoms with Gasteiger partial charge in [0.05, 0.1) is 18.5 Å². The lowest BCUT2D eigenvalue weighted by atomic mass is 10.1. The number of hydrogen-bond donors (Lipinski definition) is 1. The summed E-state index contributed by atoms with van der Waals surface area (Å²) < 4.78 is 1.98. The third-order valence-corrected chi connectivity index (χ3v) is 4.21. The van der Waals surface area contributed by atoms with Gasteiger partial charge in [-0.1, -0.05) is 29.8 Å². The van der Waals surface area contributed by atoms with E-state index in [9.17, 15) is 4.79 Å². The number of nitrogens with zero attached hydrogens (tertiary/aromatic N) is 3. The van der Waals surface area contributed by atoms with Crippen LogP contribution in [0.5, 0.6) is 0 Å². The van der Waals surface area contributed by atoms with Gasteiger partial charge in [0.15, 0.2) is 0 Å². The third kappa shape index (κ3) is 3.67. The van der Waals surface area contributed by atoms with E-state index in [0.29, 0.717) is 0 Å². The molecule has 23 heavy (non-hydrogen) atoms. The van der Waals surface area contributed by atoms with Crippen LogP contribution < -0.4 is 5.43 Å². The van der Waals surface area contributed by atoms with E-state index in [1.165, 1.54) is 11.1 Å². The Balaban J connectivity index is 1.71. The standard InChI is InChI=1S/C18H22N4O/c1-12-4-6-15(7-5-12)11-22-14(3)17(13(2)21-22)10-19-20-18(23)16-8-9-16/h4-7,10,16H,8-9,11H2,1-3H3,(H,20,23)/b19-10-. The molecule has 0 atom stereocenters. The number of hydrogen-bond acceptors (Lipinski definition) is 3. The molecule has 5 heteroatoms. The van der Waals surface area contributed by atoms with Gasteiger partial charge < -0.3 is 0 Å². The van der Waals surface area contributed by atoms with Crippen molar-refractivity contribution in [2.24, 2.45) is 11.0 Å². The molecule has 0 radical (unpaired) electrons. The summed E-state index contributed by atoms with van der Waals surface area (Å²) in [5, 5.41) is 8.66. The number of amides is 1. The number of rotatable bonds is 5. The molecule has 120 valence electrons. The first-order valence-electron chi connectivity index (χ1n) is 7.97. The molecule has 1 aliphatic carbocycles. The molecule has 0 saturated heterocycles. The summed E-state index contributed by atoms with van der Waals surface area (Å²) >= 11 is 0. The number of aryl methyl sites for hydroxylation is 2. The minimum absolute atomic E-state index is 0.0172. The number of carbonyl (C=O) groups is 1. The minimum atomic E-state index is 0.0172. The van der Waals surface area contributed by atoms with Gasteiger partial charge in [-0.05, 0) is 39.2 Å². The fourth-order valence-electron chi connectivity index (χ4n) is 2.52. The lowest BCUT2D eigenvalue weighted by Gasteiger charge is -2.05. The first kappa shape index (κ1) is 15.5. The van der Waals surface area contributed by atoms with Crippen LogP contribution in [0.25, 0.3) is 0 Å². The van der Waals surface area contributed by atoms with Gasteiger partial charge in [-0.15, -0.1) is 0 Å². The number of benzene rings is 1. The largest absolute Gasteiger partial charge is 0.273 e. The lowest BCUT2D eigenvalue weighted by molar-refractivity contribution is -0.122. The molecule has 1 aromatic heterocycles. The van der Waals surface area contributed by atoms with Crippen LogP contribution in [0.4, 0.5) is 0 Å². The van der Waals surface area contributed by atoms with Crippen molar-refractivity contribution in [3.63, 3.8) is 0 Å². The van der Waals surface area contributed by atoms with Gasteiger partial charge in [0, 0.05) is 17.2 Å². The van der Waals surface area contributed by atoms with E-state index in [0.717, 1.165) is 36.3 Å². The average Bonchev–Trinajstić information content (AvgIpc) is 3.33. The second-order valence-electron chi connectivity index (χ2n) is 6.24. The smallest absolute Gasteiger partial charge is 0.243 e. The Morgan fingerprint density at radius 3 is 2.65 bits per heavy atom. The molecular weight excluding hydrogens is 288 g/mol. The highest BCUT2D eigenvalue weighted by Crippen LogP contribution is 2.28. The minimum Gasteiger partial charge on any atom is -0.273 e. The van der Waals surface area contributed by atoms with Crippen LogP contribution in [0.15, 0.2) is 29.4 Å². The predicted molar refractivity (Wildman–Crippen MR) is 90.4 cm³/mol. The molecule has 0 spiro atoms. The molecule has 1 aliphatic rings. The molecule has 0 aliphatic heterocycles.